The monoisotopic (exact) mass is 432 g/mol. The summed E-state index contributed by atoms with van der Waals surface area (Å²) in [4.78, 5) is 38.2. The average Bonchev–Trinajstić information content (AvgIpc) is 3.36. The minimum atomic E-state index is 0.00904. The van der Waals surface area contributed by atoms with Gasteiger partial charge in [0.05, 0.1) is 11.7 Å². The zero-order valence-electron chi connectivity index (χ0n) is 17.3. The van der Waals surface area contributed by atoms with Crippen LogP contribution in [0.5, 0.6) is 0 Å². The molecule has 1 aromatic carbocycles. The third-order valence-corrected chi connectivity index (χ3v) is 7.94. The van der Waals surface area contributed by atoms with Crippen LogP contribution in [0, 0.1) is 0 Å². The van der Waals surface area contributed by atoms with Crippen molar-refractivity contribution in [3.05, 3.63) is 62.6 Å². The molecule has 4 heterocycles. The van der Waals surface area contributed by atoms with Crippen molar-refractivity contribution in [2.75, 3.05) is 6.54 Å². The highest BCUT2D eigenvalue weighted by atomic mass is 32.1. The molecule has 0 fully saturated rings. The van der Waals surface area contributed by atoms with Gasteiger partial charge in [0.2, 0.25) is 5.91 Å². The number of benzene rings is 1. The van der Waals surface area contributed by atoms with Crippen molar-refractivity contribution in [1.82, 2.24) is 19.4 Å². The fourth-order valence-electron chi connectivity index (χ4n) is 5.09. The zero-order chi connectivity index (χ0) is 20.9. The minimum Gasteiger partial charge on any atom is -0.358 e. The first kappa shape index (κ1) is 18.8. The lowest BCUT2D eigenvalue weighted by atomic mass is 9.97. The SMILES string of the molecule is O=C(CCn1cnc2sc3c(c2c1=O)CCCC3)N1CCc2[nH]c3ccccc3c2C1. The van der Waals surface area contributed by atoms with Crippen LogP contribution in [0.4, 0.5) is 0 Å². The molecule has 6 rings (SSSR count). The van der Waals surface area contributed by atoms with E-state index in [2.05, 4.69) is 22.1 Å². The number of carbonyl (C=O) groups is 1. The van der Waals surface area contributed by atoms with E-state index < -0.39 is 0 Å². The van der Waals surface area contributed by atoms with Crippen LogP contribution in [-0.2, 0) is 37.1 Å². The summed E-state index contributed by atoms with van der Waals surface area (Å²) in [5, 5.41) is 1.99. The van der Waals surface area contributed by atoms with Crippen LogP contribution in [0.3, 0.4) is 0 Å². The summed E-state index contributed by atoms with van der Waals surface area (Å²) in [6.07, 6.45) is 7.12. The number of aromatic nitrogens is 3. The Morgan fingerprint density at radius 3 is 2.94 bits per heavy atom. The number of aromatic amines is 1. The minimum absolute atomic E-state index is 0.00904. The molecule has 0 radical (unpaired) electrons. The highest BCUT2D eigenvalue weighted by Crippen LogP contribution is 2.33. The van der Waals surface area contributed by atoms with Gasteiger partial charge in [-0.1, -0.05) is 18.2 Å². The van der Waals surface area contributed by atoms with Gasteiger partial charge in [-0.25, -0.2) is 4.98 Å². The molecule has 1 amide bonds. The Labute approximate surface area is 183 Å². The van der Waals surface area contributed by atoms with Crippen LogP contribution < -0.4 is 5.56 Å². The van der Waals surface area contributed by atoms with E-state index in [0.717, 1.165) is 41.4 Å². The molecule has 0 spiro atoms. The van der Waals surface area contributed by atoms with Crippen LogP contribution in [0.2, 0.25) is 0 Å². The molecule has 31 heavy (non-hydrogen) atoms. The lowest BCUT2D eigenvalue weighted by Gasteiger charge is -2.27. The van der Waals surface area contributed by atoms with Gasteiger partial charge in [0.25, 0.3) is 5.56 Å². The smallest absolute Gasteiger partial charge is 0.262 e. The van der Waals surface area contributed by atoms with Crippen molar-refractivity contribution < 1.29 is 4.79 Å². The topological polar surface area (TPSA) is 71.0 Å². The van der Waals surface area contributed by atoms with Crippen LogP contribution in [0.25, 0.3) is 21.1 Å². The normalized spacial score (nSPS) is 15.9. The summed E-state index contributed by atoms with van der Waals surface area (Å²) in [6.45, 7) is 1.72. The predicted octanol–water partition coefficient (Wildman–Crippen LogP) is 3.79. The van der Waals surface area contributed by atoms with Gasteiger partial charge in [-0.2, -0.15) is 0 Å². The van der Waals surface area contributed by atoms with E-state index in [4.69, 9.17) is 0 Å². The van der Waals surface area contributed by atoms with Gasteiger partial charge in [-0.05, 0) is 37.3 Å². The molecule has 0 saturated heterocycles. The van der Waals surface area contributed by atoms with Gasteiger partial charge in [-0.3, -0.25) is 14.2 Å². The first-order valence-electron chi connectivity index (χ1n) is 11.0. The van der Waals surface area contributed by atoms with Gasteiger partial charge in [0.1, 0.15) is 4.83 Å². The Morgan fingerprint density at radius 2 is 2.00 bits per heavy atom. The van der Waals surface area contributed by atoms with Gasteiger partial charge >= 0.3 is 0 Å². The summed E-state index contributed by atoms with van der Waals surface area (Å²) in [7, 11) is 0. The molecular weight excluding hydrogens is 408 g/mol. The van der Waals surface area contributed by atoms with Crippen molar-refractivity contribution in [2.24, 2.45) is 0 Å². The maximum Gasteiger partial charge on any atom is 0.262 e. The van der Waals surface area contributed by atoms with Gasteiger partial charge < -0.3 is 9.88 Å². The summed E-state index contributed by atoms with van der Waals surface area (Å²) in [5.41, 5.74) is 4.80. The zero-order valence-corrected chi connectivity index (χ0v) is 18.1. The molecule has 6 nitrogen and oxygen atoms in total. The number of carbonyl (C=O) groups excluding carboxylic acids is 1. The third kappa shape index (κ3) is 3.10. The molecule has 1 N–H and O–H groups in total. The number of hydrogen-bond donors (Lipinski definition) is 1. The third-order valence-electron chi connectivity index (χ3n) is 6.74. The number of rotatable bonds is 3. The highest BCUT2D eigenvalue weighted by Gasteiger charge is 2.24. The molecule has 0 unspecified atom stereocenters. The van der Waals surface area contributed by atoms with E-state index in [9.17, 15) is 9.59 Å². The van der Waals surface area contributed by atoms with Crippen molar-refractivity contribution >= 4 is 38.4 Å². The molecule has 1 aliphatic carbocycles. The second kappa shape index (κ2) is 7.34. The van der Waals surface area contributed by atoms with Crippen molar-refractivity contribution in [3.63, 3.8) is 0 Å². The number of nitrogens with zero attached hydrogens (tertiary/aromatic N) is 3. The molecular formula is C24H24N4O2S. The van der Waals surface area contributed by atoms with E-state index in [1.54, 1.807) is 22.2 Å². The lowest BCUT2D eigenvalue weighted by Crippen LogP contribution is -2.36. The second-order valence-corrected chi connectivity index (χ2v) is 9.66. The van der Waals surface area contributed by atoms with Crippen LogP contribution in [-0.4, -0.2) is 31.9 Å². The summed E-state index contributed by atoms with van der Waals surface area (Å²) >= 11 is 1.66. The van der Waals surface area contributed by atoms with Gasteiger partial charge in [0, 0.05) is 59.5 Å². The quantitative estimate of drug-likeness (QED) is 0.535. The standard InChI is InChI=1S/C24H24N4O2S/c29-21(27-11-9-19-17(13-27)15-5-1-3-7-18(15)26-19)10-12-28-14-25-23-22(24(28)30)16-6-2-4-8-20(16)31-23/h1,3,5,7,14,26H,2,4,6,8-13H2. The second-order valence-electron chi connectivity index (χ2n) is 8.58. The Morgan fingerprint density at radius 1 is 1.13 bits per heavy atom. The Balaban J connectivity index is 1.21. The molecule has 0 atom stereocenters. The number of para-hydroxylation sites is 1. The lowest BCUT2D eigenvalue weighted by molar-refractivity contribution is -0.132. The Hall–Kier alpha value is -2.93. The number of H-pyrrole nitrogens is 1. The average molecular weight is 433 g/mol. The number of fused-ring (bicyclic) bond motifs is 6. The molecule has 3 aromatic heterocycles. The number of hydrogen-bond acceptors (Lipinski definition) is 4. The first-order chi connectivity index (χ1) is 15.2. The first-order valence-corrected chi connectivity index (χ1v) is 11.9. The van der Waals surface area contributed by atoms with E-state index in [1.807, 2.05) is 17.0 Å². The maximum absolute atomic E-state index is 13.1. The largest absolute Gasteiger partial charge is 0.358 e. The van der Waals surface area contributed by atoms with Crippen LogP contribution in [0.15, 0.2) is 35.4 Å². The predicted molar refractivity (Wildman–Crippen MR) is 123 cm³/mol. The fraction of sp³-hybridized carbons (Fsp3) is 0.375. The van der Waals surface area contributed by atoms with Crippen molar-refractivity contribution in [3.8, 4) is 0 Å². The fourth-order valence-corrected chi connectivity index (χ4v) is 6.31. The Kier molecular flexibility index (Phi) is 4.45. The Bertz CT molecular complexity index is 1380. The van der Waals surface area contributed by atoms with E-state index in [-0.39, 0.29) is 11.5 Å². The maximum atomic E-state index is 13.1. The summed E-state index contributed by atoms with van der Waals surface area (Å²) in [5.74, 6) is 0.0928. The number of amides is 1. The summed E-state index contributed by atoms with van der Waals surface area (Å²) in [6, 6.07) is 8.26. The number of aryl methyl sites for hydroxylation is 3. The van der Waals surface area contributed by atoms with Crippen LogP contribution in [0.1, 0.15) is 41.0 Å². The van der Waals surface area contributed by atoms with E-state index in [0.29, 0.717) is 26.1 Å². The molecule has 1 aliphatic heterocycles. The summed E-state index contributed by atoms with van der Waals surface area (Å²) < 4.78 is 1.63. The highest BCUT2D eigenvalue weighted by molar-refractivity contribution is 7.18. The van der Waals surface area contributed by atoms with E-state index >= 15 is 0 Å². The van der Waals surface area contributed by atoms with Crippen molar-refractivity contribution in [1.29, 1.82) is 0 Å². The number of nitrogens with one attached hydrogen (secondary N) is 1. The van der Waals surface area contributed by atoms with Gasteiger partial charge in [0.15, 0.2) is 0 Å². The van der Waals surface area contributed by atoms with Crippen molar-refractivity contribution in [2.45, 2.75) is 51.6 Å². The molecule has 2 aliphatic rings. The van der Waals surface area contributed by atoms with Crippen LogP contribution >= 0.6 is 11.3 Å². The molecule has 158 valence electrons. The van der Waals surface area contributed by atoms with E-state index in [1.165, 1.54) is 33.5 Å². The molecule has 7 heteroatoms. The molecule has 0 saturated carbocycles. The molecule has 4 aromatic rings. The van der Waals surface area contributed by atoms with Gasteiger partial charge in [-0.15, -0.1) is 11.3 Å². The molecule has 0 bridgehead atoms. The number of thiophene rings is 1.